The third-order valence-electron chi connectivity index (χ3n) is 3.43. The van der Waals surface area contributed by atoms with Crippen molar-refractivity contribution in [1.82, 2.24) is 4.72 Å². The smallest absolute Gasteiger partial charge is 0.240 e. The molecule has 0 atom stereocenters. The summed E-state index contributed by atoms with van der Waals surface area (Å²) in [5.41, 5.74) is 1.22. The minimum Gasteiger partial charge on any atom is -0.493 e. The highest BCUT2D eigenvalue weighted by Crippen LogP contribution is 2.27. The van der Waals surface area contributed by atoms with Crippen LogP contribution < -0.4 is 14.2 Å². The molecule has 2 rings (SSSR count). The van der Waals surface area contributed by atoms with Gasteiger partial charge in [-0.15, -0.1) is 0 Å². The molecular weight excluding hydrogens is 328 g/mol. The minimum atomic E-state index is -3.65. The van der Waals surface area contributed by atoms with Crippen molar-refractivity contribution < 1.29 is 17.9 Å². The Labute approximate surface area is 141 Å². The Kier molecular flexibility index (Phi) is 5.79. The van der Waals surface area contributed by atoms with Gasteiger partial charge in [-0.2, -0.15) is 5.26 Å². The first-order valence-electron chi connectivity index (χ1n) is 7.21. The maximum atomic E-state index is 12.2. The fourth-order valence-corrected chi connectivity index (χ4v) is 3.26. The van der Waals surface area contributed by atoms with E-state index in [1.54, 1.807) is 32.4 Å². The summed E-state index contributed by atoms with van der Waals surface area (Å²) >= 11 is 0. The molecular formula is C17H18N2O4S. The molecule has 6 nitrogen and oxygen atoms in total. The van der Waals surface area contributed by atoms with Crippen LogP contribution in [0.3, 0.4) is 0 Å². The van der Waals surface area contributed by atoms with Crippen molar-refractivity contribution in [1.29, 1.82) is 5.26 Å². The summed E-state index contributed by atoms with van der Waals surface area (Å²) in [7, 11) is -0.544. The lowest BCUT2D eigenvalue weighted by Gasteiger charge is -2.10. The van der Waals surface area contributed by atoms with Gasteiger partial charge < -0.3 is 9.47 Å². The molecule has 126 valence electrons. The first-order valence-corrected chi connectivity index (χ1v) is 8.69. The molecule has 0 bridgehead atoms. The highest BCUT2D eigenvalue weighted by molar-refractivity contribution is 7.89. The van der Waals surface area contributed by atoms with Gasteiger partial charge in [-0.05, 0) is 42.3 Å². The second kappa shape index (κ2) is 7.81. The van der Waals surface area contributed by atoms with Crippen LogP contribution in [-0.2, 0) is 16.4 Å². The predicted octanol–water partition coefficient (Wildman–Crippen LogP) is 2.10. The quantitative estimate of drug-likeness (QED) is 0.829. The monoisotopic (exact) mass is 346 g/mol. The Morgan fingerprint density at radius 2 is 1.83 bits per heavy atom. The molecule has 0 aliphatic carbocycles. The number of methoxy groups -OCH3 is 2. The van der Waals surface area contributed by atoms with E-state index in [0.29, 0.717) is 23.5 Å². The van der Waals surface area contributed by atoms with Crippen LogP contribution in [0, 0.1) is 11.3 Å². The van der Waals surface area contributed by atoms with Crippen molar-refractivity contribution in [3.8, 4) is 17.6 Å². The van der Waals surface area contributed by atoms with Gasteiger partial charge in [-0.3, -0.25) is 0 Å². The molecule has 2 aromatic carbocycles. The molecule has 0 amide bonds. The van der Waals surface area contributed by atoms with Gasteiger partial charge >= 0.3 is 0 Å². The summed E-state index contributed by atoms with van der Waals surface area (Å²) < 4.78 is 37.4. The zero-order chi connectivity index (χ0) is 17.6. The number of ether oxygens (including phenoxy) is 2. The Hall–Kier alpha value is -2.56. The van der Waals surface area contributed by atoms with E-state index in [4.69, 9.17) is 14.7 Å². The molecule has 0 saturated heterocycles. The average Bonchev–Trinajstić information content (AvgIpc) is 2.61. The number of nitrogens with one attached hydrogen (secondary N) is 1. The molecule has 0 saturated carbocycles. The standard InChI is InChI=1S/C17H18N2O4S/c1-22-16-7-6-13(11-17(16)23-2)8-9-19-24(20,21)15-5-3-4-14(10-15)12-18/h3-7,10-11,19H,8-9H2,1-2H3. The summed E-state index contributed by atoms with van der Waals surface area (Å²) in [4.78, 5) is 0.0776. The largest absolute Gasteiger partial charge is 0.493 e. The molecule has 0 fully saturated rings. The second-order valence-corrected chi connectivity index (χ2v) is 6.74. The van der Waals surface area contributed by atoms with Crippen LogP contribution in [0.1, 0.15) is 11.1 Å². The van der Waals surface area contributed by atoms with Crippen molar-refractivity contribution in [2.24, 2.45) is 0 Å². The van der Waals surface area contributed by atoms with E-state index in [1.165, 1.54) is 12.1 Å². The van der Waals surface area contributed by atoms with Gasteiger partial charge in [0.1, 0.15) is 0 Å². The molecule has 7 heteroatoms. The zero-order valence-electron chi connectivity index (χ0n) is 13.4. The molecule has 2 aromatic rings. The van der Waals surface area contributed by atoms with E-state index in [0.717, 1.165) is 5.56 Å². The van der Waals surface area contributed by atoms with Gasteiger partial charge in [0.25, 0.3) is 0 Å². The molecule has 0 heterocycles. The lowest BCUT2D eigenvalue weighted by atomic mass is 10.1. The second-order valence-electron chi connectivity index (χ2n) is 4.98. The third-order valence-corrected chi connectivity index (χ3v) is 4.89. The van der Waals surface area contributed by atoms with E-state index >= 15 is 0 Å². The number of benzene rings is 2. The molecule has 0 unspecified atom stereocenters. The Bertz CT molecular complexity index is 857. The van der Waals surface area contributed by atoms with Crippen LogP contribution >= 0.6 is 0 Å². The number of hydrogen-bond donors (Lipinski definition) is 1. The number of nitrogens with zero attached hydrogens (tertiary/aromatic N) is 1. The lowest BCUT2D eigenvalue weighted by Crippen LogP contribution is -2.26. The SMILES string of the molecule is COc1ccc(CCNS(=O)(=O)c2cccc(C#N)c2)cc1OC. The maximum absolute atomic E-state index is 12.2. The first kappa shape index (κ1) is 17.8. The van der Waals surface area contributed by atoms with E-state index in [2.05, 4.69) is 4.72 Å². The molecule has 0 aliphatic heterocycles. The first-order chi connectivity index (χ1) is 11.5. The molecule has 0 aliphatic rings. The van der Waals surface area contributed by atoms with E-state index in [9.17, 15) is 8.42 Å². The number of nitriles is 1. The average molecular weight is 346 g/mol. The van der Waals surface area contributed by atoms with E-state index in [-0.39, 0.29) is 11.4 Å². The van der Waals surface area contributed by atoms with Gasteiger partial charge in [-0.1, -0.05) is 12.1 Å². The number of rotatable bonds is 7. The number of sulfonamides is 1. The van der Waals surface area contributed by atoms with Crippen molar-refractivity contribution in [3.05, 3.63) is 53.6 Å². The van der Waals surface area contributed by atoms with Crippen molar-refractivity contribution in [2.75, 3.05) is 20.8 Å². The fraction of sp³-hybridized carbons (Fsp3) is 0.235. The Morgan fingerprint density at radius 1 is 1.08 bits per heavy atom. The normalized spacial score (nSPS) is 10.9. The Morgan fingerprint density at radius 3 is 2.50 bits per heavy atom. The van der Waals surface area contributed by atoms with Gasteiger partial charge in [0.15, 0.2) is 11.5 Å². The van der Waals surface area contributed by atoms with Crippen LogP contribution in [0.25, 0.3) is 0 Å². The van der Waals surface area contributed by atoms with Gasteiger partial charge in [-0.25, -0.2) is 13.1 Å². The minimum absolute atomic E-state index is 0.0776. The van der Waals surface area contributed by atoms with Crippen molar-refractivity contribution >= 4 is 10.0 Å². The molecule has 0 aromatic heterocycles. The van der Waals surface area contributed by atoms with Gasteiger partial charge in [0, 0.05) is 6.54 Å². The lowest BCUT2D eigenvalue weighted by molar-refractivity contribution is 0.354. The predicted molar refractivity (Wildman–Crippen MR) is 89.6 cm³/mol. The van der Waals surface area contributed by atoms with Crippen LogP contribution in [0.15, 0.2) is 47.4 Å². The van der Waals surface area contributed by atoms with Crippen molar-refractivity contribution in [2.45, 2.75) is 11.3 Å². The summed E-state index contributed by atoms with van der Waals surface area (Å²) in [6.07, 6.45) is 0.498. The molecule has 1 N–H and O–H groups in total. The molecule has 0 radical (unpaired) electrons. The fourth-order valence-electron chi connectivity index (χ4n) is 2.18. The van der Waals surface area contributed by atoms with E-state index in [1.807, 2.05) is 18.2 Å². The van der Waals surface area contributed by atoms with E-state index < -0.39 is 10.0 Å². The van der Waals surface area contributed by atoms with Crippen LogP contribution in [0.2, 0.25) is 0 Å². The zero-order valence-corrected chi connectivity index (χ0v) is 14.3. The number of hydrogen-bond acceptors (Lipinski definition) is 5. The highest BCUT2D eigenvalue weighted by Gasteiger charge is 2.14. The van der Waals surface area contributed by atoms with Crippen molar-refractivity contribution in [3.63, 3.8) is 0 Å². The maximum Gasteiger partial charge on any atom is 0.240 e. The summed E-state index contributed by atoms with van der Waals surface area (Å²) in [6.45, 7) is 0.231. The van der Waals surface area contributed by atoms with Crippen LogP contribution in [0.4, 0.5) is 0 Å². The van der Waals surface area contributed by atoms with Crippen LogP contribution in [-0.4, -0.2) is 29.2 Å². The molecule has 0 spiro atoms. The van der Waals surface area contributed by atoms with Gasteiger partial charge in [0.05, 0.1) is 30.7 Å². The summed E-state index contributed by atoms with van der Waals surface area (Å²) in [5, 5.41) is 8.86. The summed E-state index contributed by atoms with van der Waals surface area (Å²) in [5.74, 6) is 1.22. The van der Waals surface area contributed by atoms with Gasteiger partial charge in [0.2, 0.25) is 10.0 Å². The third kappa shape index (κ3) is 4.25. The van der Waals surface area contributed by atoms with Crippen LogP contribution in [0.5, 0.6) is 11.5 Å². The highest BCUT2D eigenvalue weighted by atomic mass is 32.2. The Balaban J connectivity index is 2.04. The molecule has 24 heavy (non-hydrogen) atoms. The summed E-state index contributed by atoms with van der Waals surface area (Å²) in [6, 6.07) is 13.3. The topological polar surface area (TPSA) is 88.4 Å².